The SMILES string of the molecule is CC(=O)c1ccc(N2CC[C@H](NCC(F)(F)F)C2)cc1. The average molecular weight is 286 g/mol. The maximum atomic E-state index is 12.1. The summed E-state index contributed by atoms with van der Waals surface area (Å²) in [5.74, 6) is 0.00249. The van der Waals surface area contributed by atoms with Gasteiger partial charge in [-0.15, -0.1) is 0 Å². The topological polar surface area (TPSA) is 32.3 Å². The first-order chi connectivity index (χ1) is 9.35. The van der Waals surface area contributed by atoms with Gasteiger partial charge in [0.15, 0.2) is 5.78 Å². The van der Waals surface area contributed by atoms with E-state index in [0.717, 1.165) is 12.2 Å². The fraction of sp³-hybridized carbons (Fsp3) is 0.500. The van der Waals surface area contributed by atoms with Crippen molar-refractivity contribution in [2.24, 2.45) is 0 Å². The predicted molar refractivity (Wildman–Crippen MR) is 71.1 cm³/mol. The molecule has 1 atom stereocenters. The van der Waals surface area contributed by atoms with Gasteiger partial charge in [-0.1, -0.05) is 0 Å². The highest BCUT2D eigenvalue weighted by molar-refractivity contribution is 5.94. The smallest absolute Gasteiger partial charge is 0.370 e. The van der Waals surface area contributed by atoms with Gasteiger partial charge in [-0.3, -0.25) is 4.79 Å². The van der Waals surface area contributed by atoms with Crippen molar-refractivity contribution >= 4 is 11.5 Å². The van der Waals surface area contributed by atoms with Gasteiger partial charge in [0, 0.05) is 30.4 Å². The molecule has 1 heterocycles. The quantitative estimate of drug-likeness (QED) is 0.864. The molecule has 1 aromatic carbocycles. The summed E-state index contributed by atoms with van der Waals surface area (Å²) in [6, 6.07) is 7.01. The first-order valence-corrected chi connectivity index (χ1v) is 6.51. The van der Waals surface area contributed by atoms with Crippen molar-refractivity contribution in [2.45, 2.75) is 25.6 Å². The third-order valence-electron chi connectivity index (χ3n) is 3.42. The highest BCUT2D eigenvalue weighted by atomic mass is 19.4. The fourth-order valence-corrected chi connectivity index (χ4v) is 2.33. The highest BCUT2D eigenvalue weighted by Crippen LogP contribution is 2.22. The van der Waals surface area contributed by atoms with Gasteiger partial charge >= 0.3 is 6.18 Å². The minimum atomic E-state index is -4.17. The van der Waals surface area contributed by atoms with Gasteiger partial charge in [0.1, 0.15) is 0 Å². The van der Waals surface area contributed by atoms with Crippen molar-refractivity contribution < 1.29 is 18.0 Å². The number of carbonyl (C=O) groups excluding carboxylic acids is 1. The Bertz CT molecular complexity index is 470. The number of benzene rings is 1. The van der Waals surface area contributed by atoms with E-state index in [1.54, 1.807) is 12.1 Å². The van der Waals surface area contributed by atoms with Crippen molar-refractivity contribution in [2.75, 3.05) is 24.5 Å². The Balaban J connectivity index is 1.90. The molecule has 1 saturated heterocycles. The maximum absolute atomic E-state index is 12.1. The van der Waals surface area contributed by atoms with Crippen LogP contribution >= 0.6 is 0 Å². The van der Waals surface area contributed by atoms with Crippen molar-refractivity contribution in [1.82, 2.24) is 5.32 Å². The second kappa shape index (κ2) is 5.83. The molecule has 3 nitrogen and oxygen atoms in total. The predicted octanol–water partition coefficient (Wildman–Crippen LogP) is 2.62. The van der Waals surface area contributed by atoms with Crippen molar-refractivity contribution in [3.05, 3.63) is 29.8 Å². The van der Waals surface area contributed by atoms with Crippen LogP contribution in [0, 0.1) is 0 Å². The lowest BCUT2D eigenvalue weighted by molar-refractivity contribution is -0.125. The molecule has 20 heavy (non-hydrogen) atoms. The number of anilines is 1. The van der Waals surface area contributed by atoms with E-state index in [-0.39, 0.29) is 11.8 Å². The Morgan fingerprint density at radius 3 is 2.55 bits per heavy atom. The van der Waals surface area contributed by atoms with E-state index < -0.39 is 12.7 Å². The molecule has 0 saturated carbocycles. The molecule has 0 aliphatic carbocycles. The molecule has 0 unspecified atom stereocenters. The van der Waals surface area contributed by atoms with Crippen molar-refractivity contribution in [3.8, 4) is 0 Å². The molecule has 0 bridgehead atoms. The molecule has 1 aliphatic rings. The van der Waals surface area contributed by atoms with Gasteiger partial charge in [-0.25, -0.2) is 0 Å². The lowest BCUT2D eigenvalue weighted by atomic mass is 10.1. The number of alkyl halides is 3. The maximum Gasteiger partial charge on any atom is 0.401 e. The van der Waals surface area contributed by atoms with E-state index in [1.807, 2.05) is 17.0 Å². The van der Waals surface area contributed by atoms with Crippen LogP contribution < -0.4 is 10.2 Å². The number of ketones is 1. The molecular weight excluding hydrogens is 269 g/mol. The Kier molecular flexibility index (Phi) is 4.32. The molecule has 0 spiro atoms. The van der Waals surface area contributed by atoms with Crippen LogP contribution in [0.3, 0.4) is 0 Å². The lowest BCUT2D eigenvalue weighted by Gasteiger charge is -2.19. The number of carbonyl (C=O) groups is 1. The normalized spacial score (nSPS) is 19.4. The van der Waals surface area contributed by atoms with E-state index in [9.17, 15) is 18.0 Å². The molecule has 1 aromatic rings. The van der Waals surface area contributed by atoms with Crippen LogP contribution in [0.5, 0.6) is 0 Å². The second-order valence-corrected chi connectivity index (χ2v) is 5.03. The van der Waals surface area contributed by atoms with E-state index >= 15 is 0 Å². The van der Waals surface area contributed by atoms with Crippen LogP contribution in [0.15, 0.2) is 24.3 Å². The van der Waals surface area contributed by atoms with Gasteiger partial charge in [0.2, 0.25) is 0 Å². The zero-order chi connectivity index (χ0) is 14.8. The summed E-state index contributed by atoms with van der Waals surface area (Å²) < 4.78 is 36.4. The summed E-state index contributed by atoms with van der Waals surface area (Å²) >= 11 is 0. The highest BCUT2D eigenvalue weighted by Gasteiger charge is 2.30. The van der Waals surface area contributed by atoms with Gasteiger partial charge in [0.05, 0.1) is 6.54 Å². The van der Waals surface area contributed by atoms with Gasteiger partial charge < -0.3 is 10.2 Å². The van der Waals surface area contributed by atoms with Crippen molar-refractivity contribution in [3.63, 3.8) is 0 Å². The summed E-state index contributed by atoms with van der Waals surface area (Å²) in [7, 11) is 0. The monoisotopic (exact) mass is 286 g/mol. The molecule has 1 aliphatic heterocycles. The summed E-state index contributed by atoms with van der Waals surface area (Å²) in [5.41, 5.74) is 1.58. The standard InChI is InChI=1S/C14H17F3N2O/c1-10(20)11-2-4-13(5-3-11)19-7-6-12(8-19)18-9-14(15,16)17/h2-5,12,18H,6-9H2,1H3/t12-/m0/s1. The Hall–Kier alpha value is -1.56. The van der Waals surface area contributed by atoms with Crippen LogP contribution in [0.1, 0.15) is 23.7 Å². The van der Waals surface area contributed by atoms with E-state index in [0.29, 0.717) is 18.5 Å². The number of Topliss-reactive ketones (excluding diaryl/α,β-unsaturated/α-hetero) is 1. The fourth-order valence-electron chi connectivity index (χ4n) is 2.33. The molecule has 110 valence electrons. The van der Waals surface area contributed by atoms with Crippen LogP contribution in [0.4, 0.5) is 18.9 Å². The molecule has 2 rings (SSSR count). The number of nitrogens with one attached hydrogen (secondary N) is 1. The molecule has 0 aromatic heterocycles. The molecule has 6 heteroatoms. The third-order valence-corrected chi connectivity index (χ3v) is 3.42. The minimum Gasteiger partial charge on any atom is -0.370 e. The number of hydrogen-bond acceptors (Lipinski definition) is 3. The zero-order valence-electron chi connectivity index (χ0n) is 11.2. The van der Waals surface area contributed by atoms with E-state index in [4.69, 9.17) is 0 Å². The summed E-state index contributed by atoms with van der Waals surface area (Å²) in [5, 5.41) is 2.53. The van der Waals surface area contributed by atoms with E-state index in [2.05, 4.69) is 5.32 Å². The van der Waals surface area contributed by atoms with Gasteiger partial charge in [-0.05, 0) is 37.6 Å². The molecule has 0 amide bonds. The second-order valence-electron chi connectivity index (χ2n) is 5.03. The van der Waals surface area contributed by atoms with Gasteiger partial charge in [0.25, 0.3) is 0 Å². The number of halogens is 3. The van der Waals surface area contributed by atoms with Crippen LogP contribution in [-0.4, -0.2) is 37.6 Å². The Labute approximate surface area is 115 Å². The molecule has 1 fully saturated rings. The lowest BCUT2D eigenvalue weighted by Crippen LogP contribution is -2.38. The molecule has 0 radical (unpaired) electrons. The zero-order valence-corrected chi connectivity index (χ0v) is 11.2. The third kappa shape index (κ3) is 3.96. The Morgan fingerprint density at radius 1 is 1.35 bits per heavy atom. The number of nitrogens with zero attached hydrogens (tertiary/aromatic N) is 1. The average Bonchev–Trinajstić information content (AvgIpc) is 2.84. The summed E-state index contributed by atoms with van der Waals surface area (Å²) in [6.07, 6.45) is -3.49. The van der Waals surface area contributed by atoms with E-state index in [1.165, 1.54) is 6.92 Å². The Morgan fingerprint density at radius 2 is 2.00 bits per heavy atom. The van der Waals surface area contributed by atoms with Crippen LogP contribution in [0.2, 0.25) is 0 Å². The summed E-state index contributed by atoms with van der Waals surface area (Å²) in [6.45, 7) is 1.82. The number of hydrogen-bond donors (Lipinski definition) is 1. The summed E-state index contributed by atoms with van der Waals surface area (Å²) in [4.78, 5) is 13.2. The van der Waals surface area contributed by atoms with Crippen LogP contribution in [-0.2, 0) is 0 Å². The first-order valence-electron chi connectivity index (χ1n) is 6.51. The number of rotatable bonds is 4. The van der Waals surface area contributed by atoms with Crippen LogP contribution in [0.25, 0.3) is 0 Å². The van der Waals surface area contributed by atoms with Crippen molar-refractivity contribution in [1.29, 1.82) is 0 Å². The first kappa shape index (κ1) is 14.8. The van der Waals surface area contributed by atoms with Gasteiger partial charge in [-0.2, -0.15) is 13.2 Å². The minimum absolute atomic E-state index is 0.00249. The molecule has 1 N–H and O–H groups in total. The largest absolute Gasteiger partial charge is 0.401 e. The molecular formula is C14H17F3N2O.